The van der Waals surface area contributed by atoms with Crippen molar-refractivity contribution in [1.82, 2.24) is 5.32 Å². The summed E-state index contributed by atoms with van der Waals surface area (Å²) in [7, 11) is 0. The molecular formula is C62H121NO10. The van der Waals surface area contributed by atoms with Crippen LogP contribution in [0.2, 0.25) is 0 Å². The van der Waals surface area contributed by atoms with Gasteiger partial charge in [-0.05, 0) is 38.5 Å². The molecule has 1 aliphatic rings. The van der Waals surface area contributed by atoms with Gasteiger partial charge in [-0.25, -0.2) is 0 Å². The van der Waals surface area contributed by atoms with E-state index in [1.54, 1.807) is 0 Å². The van der Waals surface area contributed by atoms with Gasteiger partial charge in [0.2, 0.25) is 5.91 Å². The van der Waals surface area contributed by atoms with Crippen molar-refractivity contribution in [1.29, 1.82) is 0 Å². The quantitative estimate of drug-likeness (QED) is 0.0215. The van der Waals surface area contributed by atoms with Crippen LogP contribution in [-0.2, 0) is 14.3 Å². The Morgan fingerprint density at radius 1 is 0.466 bits per heavy atom. The first-order valence-electron chi connectivity index (χ1n) is 31.6. The van der Waals surface area contributed by atoms with Crippen molar-refractivity contribution in [2.75, 3.05) is 13.2 Å². The number of hydrogen-bond acceptors (Lipinski definition) is 10. The fourth-order valence-corrected chi connectivity index (χ4v) is 10.4. The second kappa shape index (κ2) is 51.6. The molecule has 0 aromatic rings. The Kier molecular flexibility index (Phi) is 49.4. The van der Waals surface area contributed by atoms with Crippen LogP contribution in [0.5, 0.6) is 0 Å². The minimum absolute atomic E-state index is 0.249. The molecule has 0 aliphatic carbocycles. The van der Waals surface area contributed by atoms with Crippen LogP contribution in [0.1, 0.15) is 309 Å². The second-order valence-electron chi connectivity index (χ2n) is 22.5. The molecule has 1 rings (SSSR count). The Morgan fingerprint density at radius 3 is 1.15 bits per heavy atom. The molecule has 0 spiro atoms. The van der Waals surface area contributed by atoms with Crippen LogP contribution < -0.4 is 5.32 Å². The van der Waals surface area contributed by atoms with Crippen molar-refractivity contribution >= 4 is 5.91 Å². The van der Waals surface area contributed by atoms with Gasteiger partial charge in [0.05, 0.1) is 25.4 Å². The highest BCUT2D eigenvalue weighted by Crippen LogP contribution is 2.24. The van der Waals surface area contributed by atoms with Gasteiger partial charge in [0, 0.05) is 0 Å². The van der Waals surface area contributed by atoms with Crippen molar-refractivity contribution in [2.45, 2.75) is 364 Å². The molecule has 0 radical (unpaired) electrons. The number of rotatable bonds is 55. The van der Waals surface area contributed by atoms with Gasteiger partial charge in [-0.1, -0.05) is 283 Å². The number of unbranched alkanes of at least 4 members (excludes halogenated alkanes) is 41. The molecule has 1 saturated heterocycles. The third-order valence-electron chi connectivity index (χ3n) is 15.6. The molecule has 9 unspecified atom stereocenters. The number of carbonyl (C=O) groups is 1. The topological polar surface area (TPSA) is 189 Å². The second-order valence-corrected chi connectivity index (χ2v) is 22.5. The summed E-state index contributed by atoms with van der Waals surface area (Å²) in [6.45, 7) is 3.49. The average molecular weight is 1040 g/mol. The van der Waals surface area contributed by atoms with Gasteiger partial charge in [0.15, 0.2) is 6.29 Å². The molecule has 1 heterocycles. The summed E-state index contributed by atoms with van der Waals surface area (Å²) in [6.07, 6.45) is 49.9. The number of hydrogen-bond donors (Lipinski definition) is 8. The summed E-state index contributed by atoms with van der Waals surface area (Å²) in [5, 5.41) is 76.3. The van der Waals surface area contributed by atoms with E-state index in [9.17, 15) is 40.5 Å². The van der Waals surface area contributed by atoms with Gasteiger partial charge >= 0.3 is 0 Å². The van der Waals surface area contributed by atoms with E-state index in [1.165, 1.54) is 218 Å². The van der Waals surface area contributed by atoms with Gasteiger partial charge in [-0.2, -0.15) is 0 Å². The zero-order valence-electron chi connectivity index (χ0n) is 47.6. The summed E-state index contributed by atoms with van der Waals surface area (Å²) in [5.41, 5.74) is 0. The summed E-state index contributed by atoms with van der Waals surface area (Å²) in [6, 6.07) is -1.17. The minimum Gasteiger partial charge on any atom is -0.394 e. The first-order valence-corrected chi connectivity index (χ1v) is 31.6. The standard InChI is InChI=1S/C62H121NO10/c1-3-5-7-9-11-13-15-17-19-21-22-23-24-25-26-27-28-29-30-31-32-34-35-37-39-41-43-45-47-49-54(65)57(67)53(52-72-62-60(70)59(69)58(68)56(51-64)73-62)63-61(71)55(66)50-48-46-44-42-40-38-36-33-20-18-16-14-12-10-8-6-4-2/h36,38,53-60,62,64-70H,3-35,37,39-52H2,1-2H3,(H,63,71)/b38-36-. The molecule has 0 bridgehead atoms. The maximum absolute atomic E-state index is 13.2. The van der Waals surface area contributed by atoms with E-state index in [4.69, 9.17) is 9.47 Å². The predicted octanol–water partition coefficient (Wildman–Crippen LogP) is 13.9. The fourth-order valence-electron chi connectivity index (χ4n) is 10.4. The molecule has 8 N–H and O–H groups in total. The van der Waals surface area contributed by atoms with Crippen LogP contribution in [0.3, 0.4) is 0 Å². The SMILES string of the molecule is CCCCCCCCCCC/C=C\CCCCCCC(O)C(=O)NC(COC1OC(CO)C(O)C(O)C1O)C(O)C(O)CCCCCCCCCCCCCCCCCCCCCCCCCCCCCCC. The van der Waals surface area contributed by atoms with Crippen molar-refractivity contribution in [3.63, 3.8) is 0 Å². The van der Waals surface area contributed by atoms with E-state index in [0.717, 1.165) is 51.4 Å². The summed E-state index contributed by atoms with van der Waals surface area (Å²) < 4.78 is 11.2. The summed E-state index contributed by atoms with van der Waals surface area (Å²) in [4.78, 5) is 13.2. The number of nitrogens with one attached hydrogen (secondary N) is 1. The van der Waals surface area contributed by atoms with E-state index < -0.39 is 74.2 Å². The van der Waals surface area contributed by atoms with Crippen LogP contribution in [0, 0.1) is 0 Å². The zero-order valence-corrected chi connectivity index (χ0v) is 47.6. The summed E-state index contributed by atoms with van der Waals surface area (Å²) in [5.74, 6) is -0.700. The molecule has 73 heavy (non-hydrogen) atoms. The Bertz CT molecular complexity index is 1190. The highest BCUT2D eigenvalue weighted by Gasteiger charge is 2.44. The van der Waals surface area contributed by atoms with Crippen LogP contribution in [0.15, 0.2) is 12.2 Å². The average Bonchev–Trinajstić information content (AvgIpc) is 3.39. The molecule has 1 aliphatic heterocycles. The Morgan fingerprint density at radius 2 is 0.795 bits per heavy atom. The Labute approximate surface area is 449 Å². The van der Waals surface area contributed by atoms with Crippen LogP contribution in [0.25, 0.3) is 0 Å². The van der Waals surface area contributed by atoms with Gasteiger partial charge in [0.25, 0.3) is 0 Å². The molecule has 1 fully saturated rings. The maximum atomic E-state index is 13.2. The third kappa shape index (κ3) is 39.8. The molecule has 434 valence electrons. The van der Waals surface area contributed by atoms with E-state index in [2.05, 4.69) is 31.3 Å². The Balaban J connectivity index is 2.23. The van der Waals surface area contributed by atoms with Crippen LogP contribution in [-0.4, -0.2) is 110 Å². The number of allylic oxidation sites excluding steroid dienone is 2. The monoisotopic (exact) mass is 1040 g/mol. The normalized spacial score (nSPS) is 19.9. The first kappa shape index (κ1) is 69.9. The number of amides is 1. The van der Waals surface area contributed by atoms with Gasteiger partial charge in [-0.3, -0.25) is 4.79 Å². The van der Waals surface area contributed by atoms with Gasteiger partial charge in [-0.15, -0.1) is 0 Å². The van der Waals surface area contributed by atoms with Gasteiger partial charge < -0.3 is 50.5 Å². The third-order valence-corrected chi connectivity index (χ3v) is 15.6. The first-order chi connectivity index (χ1) is 35.7. The lowest BCUT2D eigenvalue weighted by atomic mass is 9.98. The van der Waals surface area contributed by atoms with E-state index >= 15 is 0 Å². The fraction of sp³-hybridized carbons (Fsp3) is 0.952. The number of aliphatic hydroxyl groups is 7. The largest absolute Gasteiger partial charge is 0.394 e. The highest BCUT2D eigenvalue weighted by molar-refractivity contribution is 5.80. The predicted molar refractivity (Wildman–Crippen MR) is 303 cm³/mol. The number of ether oxygens (including phenoxy) is 2. The van der Waals surface area contributed by atoms with E-state index in [-0.39, 0.29) is 6.42 Å². The Hall–Kier alpha value is -1.15. The number of aliphatic hydroxyl groups excluding tert-OH is 7. The molecule has 11 heteroatoms. The van der Waals surface area contributed by atoms with Crippen LogP contribution in [0.4, 0.5) is 0 Å². The lowest BCUT2D eigenvalue weighted by Gasteiger charge is -2.40. The molecular weight excluding hydrogens is 919 g/mol. The molecule has 1 amide bonds. The van der Waals surface area contributed by atoms with Gasteiger partial charge in [0.1, 0.15) is 36.6 Å². The maximum Gasteiger partial charge on any atom is 0.249 e. The molecule has 0 aromatic heterocycles. The smallest absolute Gasteiger partial charge is 0.249 e. The van der Waals surface area contributed by atoms with Crippen molar-refractivity contribution < 1.29 is 50.0 Å². The van der Waals surface area contributed by atoms with Crippen molar-refractivity contribution in [2.24, 2.45) is 0 Å². The van der Waals surface area contributed by atoms with Crippen LogP contribution >= 0.6 is 0 Å². The zero-order chi connectivity index (χ0) is 53.3. The van der Waals surface area contributed by atoms with Crippen molar-refractivity contribution in [3.05, 3.63) is 12.2 Å². The van der Waals surface area contributed by atoms with E-state index in [0.29, 0.717) is 19.3 Å². The number of carbonyl (C=O) groups excluding carboxylic acids is 1. The lowest BCUT2D eigenvalue weighted by molar-refractivity contribution is -0.303. The summed E-state index contributed by atoms with van der Waals surface area (Å²) >= 11 is 0. The molecule has 11 nitrogen and oxygen atoms in total. The van der Waals surface area contributed by atoms with Crippen molar-refractivity contribution in [3.8, 4) is 0 Å². The lowest BCUT2D eigenvalue weighted by Crippen LogP contribution is -2.60. The molecule has 9 atom stereocenters. The molecule has 0 saturated carbocycles. The van der Waals surface area contributed by atoms with E-state index in [1.807, 2.05) is 0 Å². The minimum atomic E-state index is -1.66. The highest BCUT2D eigenvalue weighted by atomic mass is 16.7. The molecule has 0 aromatic carbocycles.